The second-order valence-electron chi connectivity index (χ2n) is 6.53. The minimum absolute atomic E-state index is 0.0646. The number of nitrogens with zero attached hydrogens (tertiary/aromatic N) is 1. The van der Waals surface area contributed by atoms with Crippen molar-refractivity contribution in [1.29, 1.82) is 0 Å². The molecule has 0 aromatic rings. The van der Waals surface area contributed by atoms with Crippen LogP contribution in [0.25, 0.3) is 0 Å². The van der Waals surface area contributed by atoms with Gasteiger partial charge in [-0.25, -0.2) is 0 Å². The molecule has 5 heteroatoms. The van der Waals surface area contributed by atoms with E-state index in [1.807, 2.05) is 14.1 Å². The van der Waals surface area contributed by atoms with Crippen LogP contribution in [0.3, 0.4) is 0 Å². The molecule has 2 N–H and O–H groups in total. The molecule has 0 unspecified atom stereocenters. The minimum atomic E-state index is -0.823. The number of hydrogen-bond acceptors (Lipinski definition) is 3. The van der Waals surface area contributed by atoms with Gasteiger partial charge >= 0.3 is 5.97 Å². The lowest BCUT2D eigenvalue weighted by Gasteiger charge is -2.47. The maximum absolute atomic E-state index is 12.3. The van der Waals surface area contributed by atoms with Crippen LogP contribution in [0.5, 0.6) is 0 Å². The van der Waals surface area contributed by atoms with E-state index in [9.17, 15) is 14.7 Å². The first-order valence-corrected chi connectivity index (χ1v) is 7.64. The number of rotatable bonds is 5. The van der Waals surface area contributed by atoms with E-state index in [-0.39, 0.29) is 17.4 Å². The van der Waals surface area contributed by atoms with Crippen molar-refractivity contribution in [3.05, 3.63) is 0 Å². The number of likely N-dealkylation sites (N-methyl/N-ethyl adjacent to an activating group) is 1. The number of nitrogens with one attached hydrogen (secondary N) is 1. The molecule has 2 saturated carbocycles. The second-order valence-corrected chi connectivity index (χ2v) is 6.53. The molecule has 2 rings (SSSR count). The lowest BCUT2D eigenvalue weighted by Crippen LogP contribution is -2.58. The van der Waals surface area contributed by atoms with Crippen LogP contribution in [-0.2, 0) is 9.59 Å². The zero-order valence-corrected chi connectivity index (χ0v) is 12.5. The first-order valence-electron chi connectivity index (χ1n) is 7.64. The Hall–Kier alpha value is -1.10. The van der Waals surface area contributed by atoms with Crippen LogP contribution in [-0.4, -0.2) is 48.1 Å². The van der Waals surface area contributed by atoms with Gasteiger partial charge in [0.05, 0.1) is 11.8 Å². The summed E-state index contributed by atoms with van der Waals surface area (Å²) >= 11 is 0. The molecule has 2 atom stereocenters. The lowest BCUT2D eigenvalue weighted by molar-refractivity contribution is -0.149. The molecule has 2 fully saturated rings. The Kier molecular flexibility index (Phi) is 4.68. The highest BCUT2D eigenvalue weighted by atomic mass is 16.4. The van der Waals surface area contributed by atoms with Crippen LogP contribution in [0.2, 0.25) is 0 Å². The number of carboxylic acid groups (broad SMARTS) is 1. The molecular weight excluding hydrogens is 256 g/mol. The van der Waals surface area contributed by atoms with E-state index in [1.165, 1.54) is 6.42 Å². The van der Waals surface area contributed by atoms with Crippen molar-refractivity contribution in [2.75, 3.05) is 20.6 Å². The molecule has 0 aromatic heterocycles. The van der Waals surface area contributed by atoms with Crippen LogP contribution in [0.1, 0.15) is 44.9 Å². The van der Waals surface area contributed by atoms with E-state index in [1.54, 1.807) is 0 Å². The highest BCUT2D eigenvalue weighted by molar-refractivity contribution is 5.84. The maximum Gasteiger partial charge on any atom is 0.307 e. The first-order chi connectivity index (χ1) is 9.46. The van der Waals surface area contributed by atoms with Crippen molar-refractivity contribution in [1.82, 2.24) is 10.2 Å². The third-order valence-electron chi connectivity index (χ3n) is 5.24. The second kappa shape index (κ2) is 6.12. The van der Waals surface area contributed by atoms with Crippen LogP contribution >= 0.6 is 0 Å². The van der Waals surface area contributed by atoms with Gasteiger partial charge in [-0.2, -0.15) is 0 Å². The molecule has 5 nitrogen and oxygen atoms in total. The van der Waals surface area contributed by atoms with Crippen molar-refractivity contribution >= 4 is 11.9 Å². The van der Waals surface area contributed by atoms with Crippen molar-refractivity contribution in [3.63, 3.8) is 0 Å². The molecule has 0 aliphatic heterocycles. The number of amides is 1. The van der Waals surface area contributed by atoms with Crippen LogP contribution in [0.15, 0.2) is 0 Å². The van der Waals surface area contributed by atoms with Gasteiger partial charge < -0.3 is 15.3 Å². The molecule has 0 spiro atoms. The average Bonchev–Trinajstić information content (AvgIpc) is 2.36. The van der Waals surface area contributed by atoms with Gasteiger partial charge in [-0.15, -0.1) is 0 Å². The Labute approximate surface area is 120 Å². The summed E-state index contributed by atoms with van der Waals surface area (Å²) in [5.74, 6) is -1.73. The largest absolute Gasteiger partial charge is 0.481 e. The Balaban J connectivity index is 1.92. The quantitative estimate of drug-likeness (QED) is 0.801. The fourth-order valence-corrected chi connectivity index (χ4v) is 3.49. The summed E-state index contributed by atoms with van der Waals surface area (Å²) < 4.78 is 0. The summed E-state index contributed by atoms with van der Waals surface area (Å²) in [7, 11) is 4.10. The summed E-state index contributed by atoms with van der Waals surface area (Å²) in [6.07, 6.45) is 6.63. The van der Waals surface area contributed by atoms with Gasteiger partial charge in [0.2, 0.25) is 5.91 Å². The zero-order chi connectivity index (χ0) is 14.8. The molecule has 0 heterocycles. The van der Waals surface area contributed by atoms with E-state index in [0.29, 0.717) is 19.4 Å². The molecule has 114 valence electrons. The van der Waals surface area contributed by atoms with E-state index in [4.69, 9.17) is 0 Å². The maximum atomic E-state index is 12.3. The van der Waals surface area contributed by atoms with Crippen molar-refractivity contribution in [3.8, 4) is 0 Å². The van der Waals surface area contributed by atoms with Crippen molar-refractivity contribution in [2.24, 2.45) is 11.8 Å². The number of aliphatic carboxylic acids is 1. The lowest BCUT2D eigenvalue weighted by atomic mass is 9.75. The zero-order valence-electron chi connectivity index (χ0n) is 12.5. The Bertz CT molecular complexity index is 377. The molecule has 1 amide bonds. The Morgan fingerprint density at radius 1 is 1.15 bits per heavy atom. The van der Waals surface area contributed by atoms with E-state index >= 15 is 0 Å². The molecule has 0 saturated heterocycles. The number of carbonyl (C=O) groups excluding carboxylic acids is 1. The van der Waals surface area contributed by atoms with Gasteiger partial charge in [0.15, 0.2) is 0 Å². The van der Waals surface area contributed by atoms with Crippen LogP contribution in [0.4, 0.5) is 0 Å². The number of carbonyl (C=O) groups is 2. The van der Waals surface area contributed by atoms with Crippen LogP contribution in [0, 0.1) is 11.8 Å². The molecule has 0 aromatic carbocycles. The van der Waals surface area contributed by atoms with Crippen molar-refractivity contribution < 1.29 is 14.7 Å². The Morgan fingerprint density at radius 3 is 2.20 bits per heavy atom. The third-order valence-corrected chi connectivity index (χ3v) is 5.24. The summed E-state index contributed by atoms with van der Waals surface area (Å²) in [6.45, 7) is 0.641. The average molecular weight is 282 g/mol. The SMILES string of the molecule is CN(C)C1(CNC(=O)[C@@H]2CCCC[C@@H]2C(=O)O)CCC1. The highest BCUT2D eigenvalue weighted by Gasteiger charge is 2.41. The summed E-state index contributed by atoms with van der Waals surface area (Å²) in [6, 6.07) is 0. The van der Waals surface area contributed by atoms with Gasteiger partial charge in [-0.3, -0.25) is 9.59 Å². The van der Waals surface area contributed by atoms with Crippen molar-refractivity contribution in [2.45, 2.75) is 50.5 Å². The molecule has 2 aliphatic rings. The molecular formula is C15H26N2O3. The molecule has 0 bridgehead atoms. The van der Waals surface area contributed by atoms with Gasteiger partial charge in [-0.05, 0) is 46.2 Å². The molecule has 0 radical (unpaired) electrons. The predicted molar refractivity (Wildman–Crippen MR) is 76.4 cm³/mol. The van der Waals surface area contributed by atoms with E-state index in [2.05, 4.69) is 10.2 Å². The standard InChI is InChI=1S/C15H26N2O3/c1-17(2)15(8-5-9-15)10-16-13(18)11-6-3-4-7-12(11)14(19)20/h11-12H,3-10H2,1-2H3,(H,16,18)(H,19,20)/t11-,12+/m1/s1. The highest BCUT2D eigenvalue weighted by Crippen LogP contribution is 2.36. The van der Waals surface area contributed by atoms with Crippen LogP contribution < -0.4 is 5.32 Å². The van der Waals surface area contributed by atoms with Gasteiger partial charge in [0, 0.05) is 12.1 Å². The van der Waals surface area contributed by atoms with Gasteiger partial charge in [0.25, 0.3) is 0 Å². The number of carboxylic acids is 1. The van der Waals surface area contributed by atoms with E-state index < -0.39 is 11.9 Å². The smallest absolute Gasteiger partial charge is 0.307 e. The minimum Gasteiger partial charge on any atom is -0.481 e. The summed E-state index contributed by atoms with van der Waals surface area (Å²) in [5, 5.41) is 12.3. The fraction of sp³-hybridized carbons (Fsp3) is 0.867. The monoisotopic (exact) mass is 282 g/mol. The first kappa shape index (κ1) is 15.3. The predicted octanol–water partition coefficient (Wildman–Crippen LogP) is 1.48. The topological polar surface area (TPSA) is 69.6 Å². The Morgan fingerprint density at radius 2 is 1.75 bits per heavy atom. The normalized spacial score (nSPS) is 28.8. The van der Waals surface area contributed by atoms with Gasteiger partial charge in [-0.1, -0.05) is 12.8 Å². The summed E-state index contributed by atoms with van der Waals surface area (Å²) in [4.78, 5) is 25.8. The van der Waals surface area contributed by atoms with E-state index in [0.717, 1.165) is 25.7 Å². The fourth-order valence-electron chi connectivity index (χ4n) is 3.49. The molecule has 2 aliphatic carbocycles. The molecule has 20 heavy (non-hydrogen) atoms. The third kappa shape index (κ3) is 2.97. The van der Waals surface area contributed by atoms with Gasteiger partial charge in [0.1, 0.15) is 0 Å². The number of hydrogen-bond donors (Lipinski definition) is 2. The summed E-state index contributed by atoms with van der Waals surface area (Å²) in [5.41, 5.74) is 0.0864.